The molecule has 0 bridgehead atoms. The third kappa shape index (κ3) is 3.88. The summed E-state index contributed by atoms with van der Waals surface area (Å²) in [4.78, 5) is 25.7. The summed E-state index contributed by atoms with van der Waals surface area (Å²) in [5.41, 5.74) is 1.44. The number of ether oxygens (including phenoxy) is 1. The van der Waals surface area contributed by atoms with Crippen LogP contribution in [0.4, 0.5) is 5.00 Å². The van der Waals surface area contributed by atoms with Gasteiger partial charge in [0, 0.05) is 10.8 Å². The number of esters is 1. The second-order valence-electron chi connectivity index (χ2n) is 5.95. The van der Waals surface area contributed by atoms with Crippen LogP contribution >= 0.6 is 11.3 Å². The molecule has 0 saturated heterocycles. The van der Waals surface area contributed by atoms with Gasteiger partial charge in [0.1, 0.15) is 5.00 Å². The van der Waals surface area contributed by atoms with Gasteiger partial charge in [-0.05, 0) is 38.7 Å². The van der Waals surface area contributed by atoms with Gasteiger partial charge < -0.3 is 10.1 Å². The van der Waals surface area contributed by atoms with Gasteiger partial charge in [-0.1, -0.05) is 26.2 Å². The average Bonchev–Trinajstić information content (AvgIpc) is 2.80. The van der Waals surface area contributed by atoms with Crippen LogP contribution in [0.25, 0.3) is 0 Å². The van der Waals surface area contributed by atoms with Crippen molar-refractivity contribution in [3.8, 4) is 0 Å². The van der Waals surface area contributed by atoms with E-state index >= 15 is 0 Å². The Morgan fingerprint density at radius 2 is 1.91 bits per heavy atom. The van der Waals surface area contributed by atoms with Crippen LogP contribution in [-0.2, 0) is 9.53 Å². The SMILES string of the molecule is CCCOC(=O)c1c(NC(=O)C2CCCCC2)sc(C)c1C. The molecule has 1 aliphatic carbocycles. The number of nitrogens with one attached hydrogen (secondary N) is 1. The fraction of sp³-hybridized carbons (Fsp3) is 0.647. The monoisotopic (exact) mass is 323 g/mol. The van der Waals surface area contributed by atoms with E-state index < -0.39 is 0 Å². The lowest BCUT2D eigenvalue weighted by molar-refractivity contribution is -0.120. The first-order valence-electron chi connectivity index (χ1n) is 8.12. The van der Waals surface area contributed by atoms with Gasteiger partial charge in [0.05, 0.1) is 12.2 Å². The highest BCUT2D eigenvalue weighted by Crippen LogP contribution is 2.34. The lowest BCUT2D eigenvalue weighted by atomic mass is 9.89. The molecule has 1 aliphatic rings. The predicted octanol–water partition coefficient (Wildman–Crippen LogP) is 4.45. The lowest BCUT2D eigenvalue weighted by Crippen LogP contribution is -2.25. The quantitative estimate of drug-likeness (QED) is 0.814. The summed E-state index contributed by atoms with van der Waals surface area (Å²) < 4.78 is 5.26. The smallest absolute Gasteiger partial charge is 0.341 e. The number of hydrogen-bond acceptors (Lipinski definition) is 4. The standard InChI is InChI=1S/C17H25NO3S/c1-4-10-21-17(20)14-11(2)12(3)22-16(14)18-15(19)13-8-6-5-7-9-13/h13H,4-10H2,1-3H3,(H,18,19). The maximum absolute atomic E-state index is 12.4. The largest absolute Gasteiger partial charge is 0.462 e. The molecule has 0 unspecified atom stereocenters. The first kappa shape index (κ1) is 17.0. The summed E-state index contributed by atoms with van der Waals surface area (Å²) in [5.74, 6) is -0.205. The van der Waals surface area contributed by atoms with E-state index in [-0.39, 0.29) is 17.8 Å². The Kier molecular flexibility index (Phi) is 6.00. The predicted molar refractivity (Wildman–Crippen MR) is 89.6 cm³/mol. The van der Waals surface area contributed by atoms with Crippen LogP contribution < -0.4 is 5.32 Å². The Bertz CT molecular complexity index is 544. The molecule has 1 amide bonds. The number of carbonyl (C=O) groups is 2. The molecule has 1 N–H and O–H groups in total. The van der Waals surface area contributed by atoms with Gasteiger partial charge in [0.2, 0.25) is 5.91 Å². The molecule has 0 aliphatic heterocycles. The summed E-state index contributed by atoms with van der Waals surface area (Å²) in [6.07, 6.45) is 6.14. The summed E-state index contributed by atoms with van der Waals surface area (Å²) in [6, 6.07) is 0. The van der Waals surface area contributed by atoms with Gasteiger partial charge in [-0.15, -0.1) is 11.3 Å². The molecule has 0 spiro atoms. The molecule has 22 heavy (non-hydrogen) atoms. The Morgan fingerprint density at radius 1 is 1.23 bits per heavy atom. The van der Waals surface area contributed by atoms with E-state index in [0.29, 0.717) is 17.2 Å². The molecule has 1 saturated carbocycles. The maximum atomic E-state index is 12.4. The van der Waals surface area contributed by atoms with Crippen LogP contribution in [0.1, 0.15) is 66.2 Å². The normalized spacial score (nSPS) is 15.6. The van der Waals surface area contributed by atoms with E-state index in [0.717, 1.165) is 42.5 Å². The highest BCUT2D eigenvalue weighted by molar-refractivity contribution is 7.16. The van der Waals surface area contributed by atoms with Gasteiger partial charge in [0.15, 0.2) is 0 Å². The maximum Gasteiger partial charge on any atom is 0.341 e. The molecule has 5 heteroatoms. The Hall–Kier alpha value is -1.36. The van der Waals surface area contributed by atoms with Crippen LogP contribution in [0, 0.1) is 19.8 Å². The van der Waals surface area contributed by atoms with E-state index in [2.05, 4.69) is 5.32 Å². The summed E-state index contributed by atoms with van der Waals surface area (Å²) in [7, 11) is 0. The lowest BCUT2D eigenvalue weighted by Gasteiger charge is -2.20. The molecule has 4 nitrogen and oxygen atoms in total. The highest BCUT2D eigenvalue weighted by atomic mass is 32.1. The fourth-order valence-corrected chi connectivity index (χ4v) is 3.86. The molecule has 2 rings (SSSR count). The molecule has 0 radical (unpaired) electrons. The first-order valence-corrected chi connectivity index (χ1v) is 8.94. The second kappa shape index (κ2) is 7.77. The minimum absolute atomic E-state index is 0.0468. The number of aryl methyl sites for hydroxylation is 1. The zero-order chi connectivity index (χ0) is 16.1. The number of amides is 1. The van der Waals surface area contributed by atoms with Crippen molar-refractivity contribution in [3.05, 3.63) is 16.0 Å². The van der Waals surface area contributed by atoms with Gasteiger partial charge in [-0.3, -0.25) is 4.79 Å². The van der Waals surface area contributed by atoms with E-state index in [9.17, 15) is 9.59 Å². The third-order valence-corrected chi connectivity index (χ3v) is 5.36. The van der Waals surface area contributed by atoms with Crippen molar-refractivity contribution in [2.24, 2.45) is 5.92 Å². The van der Waals surface area contributed by atoms with Crippen molar-refractivity contribution >= 4 is 28.2 Å². The van der Waals surface area contributed by atoms with Crippen molar-refractivity contribution in [1.29, 1.82) is 0 Å². The molecular weight excluding hydrogens is 298 g/mol. The first-order chi connectivity index (χ1) is 10.5. The molecule has 1 fully saturated rings. The Labute approximate surface area is 136 Å². The molecule has 0 atom stereocenters. The minimum Gasteiger partial charge on any atom is -0.462 e. The molecule has 122 valence electrons. The zero-order valence-corrected chi connectivity index (χ0v) is 14.5. The summed E-state index contributed by atoms with van der Waals surface area (Å²) >= 11 is 1.46. The highest BCUT2D eigenvalue weighted by Gasteiger charge is 2.26. The molecule has 1 heterocycles. The molecule has 1 aromatic heterocycles. The minimum atomic E-state index is -0.331. The van der Waals surface area contributed by atoms with Crippen LogP contribution in [0.5, 0.6) is 0 Å². The number of hydrogen-bond donors (Lipinski definition) is 1. The van der Waals surface area contributed by atoms with Gasteiger partial charge in [0.25, 0.3) is 0 Å². The van der Waals surface area contributed by atoms with Crippen LogP contribution in [0.3, 0.4) is 0 Å². The van der Waals surface area contributed by atoms with Crippen LogP contribution in [0.2, 0.25) is 0 Å². The van der Waals surface area contributed by atoms with Crippen LogP contribution in [0.15, 0.2) is 0 Å². The van der Waals surface area contributed by atoms with E-state index in [1.165, 1.54) is 17.8 Å². The average molecular weight is 323 g/mol. The van der Waals surface area contributed by atoms with E-state index in [4.69, 9.17) is 4.74 Å². The number of thiophene rings is 1. The second-order valence-corrected chi connectivity index (χ2v) is 7.17. The van der Waals surface area contributed by atoms with Crippen molar-refractivity contribution in [1.82, 2.24) is 0 Å². The van der Waals surface area contributed by atoms with Gasteiger partial charge in [-0.2, -0.15) is 0 Å². The van der Waals surface area contributed by atoms with Crippen molar-refractivity contribution in [3.63, 3.8) is 0 Å². The molecule has 0 aromatic carbocycles. The Balaban J connectivity index is 2.14. The van der Waals surface area contributed by atoms with Gasteiger partial charge in [-0.25, -0.2) is 4.79 Å². The van der Waals surface area contributed by atoms with Crippen molar-refractivity contribution in [2.45, 2.75) is 59.3 Å². The van der Waals surface area contributed by atoms with Crippen molar-refractivity contribution < 1.29 is 14.3 Å². The number of rotatable bonds is 5. The zero-order valence-electron chi connectivity index (χ0n) is 13.7. The van der Waals surface area contributed by atoms with Gasteiger partial charge >= 0.3 is 5.97 Å². The Morgan fingerprint density at radius 3 is 2.55 bits per heavy atom. The number of anilines is 1. The van der Waals surface area contributed by atoms with E-state index in [1.54, 1.807) is 0 Å². The summed E-state index contributed by atoms with van der Waals surface area (Å²) in [5, 5.41) is 3.62. The van der Waals surface area contributed by atoms with Crippen LogP contribution in [-0.4, -0.2) is 18.5 Å². The third-order valence-electron chi connectivity index (χ3n) is 4.24. The fourth-order valence-electron chi connectivity index (χ4n) is 2.81. The molecular formula is C17H25NO3S. The van der Waals surface area contributed by atoms with E-state index in [1.807, 2.05) is 20.8 Å². The number of carbonyl (C=O) groups excluding carboxylic acids is 2. The van der Waals surface area contributed by atoms with Crippen molar-refractivity contribution in [2.75, 3.05) is 11.9 Å². The topological polar surface area (TPSA) is 55.4 Å². The summed E-state index contributed by atoms with van der Waals surface area (Å²) in [6.45, 7) is 6.24. The molecule has 1 aromatic rings.